The molecule has 2 rings (SSSR count). The first-order chi connectivity index (χ1) is 11.1. The maximum Gasteiger partial charge on any atom is 0.394 e. The summed E-state index contributed by atoms with van der Waals surface area (Å²) >= 11 is 0. The molecule has 8 heteroatoms. The van der Waals surface area contributed by atoms with Crippen LogP contribution in [0.1, 0.15) is 24.8 Å². The molecule has 3 atom stereocenters. The number of benzene rings is 1. The Bertz CT molecular complexity index is 615. The number of carbonyl (C=O) groups is 2. The van der Waals surface area contributed by atoms with E-state index in [2.05, 4.69) is 0 Å². The fourth-order valence-electron chi connectivity index (χ4n) is 3.03. The summed E-state index contributed by atoms with van der Waals surface area (Å²) in [7, 11) is 0. The van der Waals surface area contributed by atoms with Crippen LogP contribution in [-0.2, 0) is 9.59 Å². The number of alkyl halides is 3. The van der Waals surface area contributed by atoms with Crippen LogP contribution in [0.2, 0.25) is 0 Å². The first-order valence-corrected chi connectivity index (χ1v) is 7.49. The molecule has 1 aromatic rings. The number of halogens is 4. The van der Waals surface area contributed by atoms with Crippen molar-refractivity contribution in [2.75, 3.05) is 13.1 Å². The molecule has 0 aliphatic carbocycles. The maximum absolute atomic E-state index is 13.0. The van der Waals surface area contributed by atoms with Gasteiger partial charge < -0.3 is 10.0 Å². The standard InChI is InChI=1S/C16H17F4NO3/c1-2-11(9-3-5-10(17)6-4-9)14(22)21-7-12(15(23)24)13(8-21)16(18,19)20/h3-6,11-13H,2,7-8H2,1H3,(H,23,24)/t11?,12-,13-/m1/s1. The van der Waals surface area contributed by atoms with Crippen LogP contribution in [0.4, 0.5) is 17.6 Å². The van der Waals surface area contributed by atoms with Crippen LogP contribution < -0.4 is 0 Å². The molecule has 1 aromatic carbocycles. The van der Waals surface area contributed by atoms with Crippen molar-refractivity contribution in [3.63, 3.8) is 0 Å². The Morgan fingerprint density at radius 3 is 2.25 bits per heavy atom. The molecule has 132 valence electrons. The molecule has 1 fully saturated rings. The van der Waals surface area contributed by atoms with Crippen molar-refractivity contribution < 1.29 is 32.3 Å². The Morgan fingerprint density at radius 2 is 1.83 bits per heavy atom. The molecule has 0 spiro atoms. The van der Waals surface area contributed by atoms with E-state index in [0.29, 0.717) is 12.0 Å². The van der Waals surface area contributed by atoms with Gasteiger partial charge in [0.1, 0.15) is 5.82 Å². The van der Waals surface area contributed by atoms with Crippen LogP contribution in [0.5, 0.6) is 0 Å². The molecular weight excluding hydrogens is 330 g/mol. The Hall–Kier alpha value is -2.12. The molecule has 1 amide bonds. The summed E-state index contributed by atoms with van der Waals surface area (Å²) in [6.07, 6.45) is -4.37. The zero-order valence-corrected chi connectivity index (χ0v) is 12.9. The van der Waals surface area contributed by atoms with Gasteiger partial charge in [0.2, 0.25) is 5.91 Å². The summed E-state index contributed by atoms with van der Waals surface area (Å²) in [6, 6.07) is 5.17. The first-order valence-electron chi connectivity index (χ1n) is 7.49. The lowest BCUT2D eigenvalue weighted by Gasteiger charge is -2.23. The molecule has 1 saturated heterocycles. The number of nitrogens with zero attached hydrogens (tertiary/aromatic N) is 1. The van der Waals surface area contributed by atoms with Gasteiger partial charge in [-0.25, -0.2) is 4.39 Å². The van der Waals surface area contributed by atoms with E-state index in [1.807, 2.05) is 0 Å². The van der Waals surface area contributed by atoms with E-state index in [4.69, 9.17) is 5.11 Å². The zero-order chi connectivity index (χ0) is 18.1. The third-order valence-electron chi connectivity index (χ3n) is 4.35. The van der Waals surface area contributed by atoms with Gasteiger partial charge in [-0.15, -0.1) is 0 Å². The molecule has 1 aliphatic heterocycles. The summed E-state index contributed by atoms with van der Waals surface area (Å²) in [5.41, 5.74) is 0.492. The van der Waals surface area contributed by atoms with E-state index < -0.39 is 54.7 Å². The average Bonchev–Trinajstić information content (AvgIpc) is 2.95. The van der Waals surface area contributed by atoms with E-state index in [1.165, 1.54) is 24.3 Å². The topological polar surface area (TPSA) is 57.6 Å². The van der Waals surface area contributed by atoms with Crippen molar-refractivity contribution in [2.45, 2.75) is 25.4 Å². The van der Waals surface area contributed by atoms with Crippen LogP contribution in [0, 0.1) is 17.7 Å². The van der Waals surface area contributed by atoms with Gasteiger partial charge >= 0.3 is 12.1 Å². The van der Waals surface area contributed by atoms with Gasteiger partial charge in [0, 0.05) is 13.1 Å². The smallest absolute Gasteiger partial charge is 0.394 e. The highest BCUT2D eigenvalue weighted by Gasteiger charge is 2.53. The Kier molecular flexibility index (Phi) is 5.15. The van der Waals surface area contributed by atoms with Crippen LogP contribution >= 0.6 is 0 Å². The second kappa shape index (κ2) is 6.78. The van der Waals surface area contributed by atoms with Crippen molar-refractivity contribution in [3.05, 3.63) is 35.6 Å². The quantitative estimate of drug-likeness (QED) is 0.852. The summed E-state index contributed by atoms with van der Waals surface area (Å²) in [5, 5.41) is 9.01. The van der Waals surface area contributed by atoms with E-state index in [-0.39, 0.29) is 0 Å². The highest BCUT2D eigenvalue weighted by molar-refractivity contribution is 5.85. The molecule has 0 radical (unpaired) electrons. The Balaban J connectivity index is 2.22. The monoisotopic (exact) mass is 347 g/mol. The highest BCUT2D eigenvalue weighted by Crippen LogP contribution is 2.39. The minimum atomic E-state index is -4.68. The summed E-state index contributed by atoms with van der Waals surface area (Å²) in [6.45, 7) is 0.547. The third-order valence-corrected chi connectivity index (χ3v) is 4.35. The van der Waals surface area contributed by atoms with Gasteiger partial charge in [0.15, 0.2) is 0 Å². The van der Waals surface area contributed by atoms with Crippen LogP contribution in [0.15, 0.2) is 24.3 Å². The molecule has 0 bridgehead atoms. The third kappa shape index (κ3) is 3.68. The van der Waals surface area contributed by atoms with Gasteiger partial charge in [-0.1, -0.05) is 19.1 Å². The first kappa shape index (κ1) is 18.2. The van der Waals surface area contributed by atoms with Crippen molar-refractivity contribution in [1.29, 1.82) is 0 Å². The normalized spacial score (nSPS) is 22.5. The Labute approximate surface area is 136 Å². The highest BCUT2D eigenvalue weighted by atomic mass is 19.4. The molecule has 0 aromatic heterocycles. The number of rotatable bonds is 4. The lowest BCUT2D eigenvalue weighted by Crippen LogP contribution is -2.35. The van der Waals surface area contributed by atoms with Gasteiger partial charge in [-0.05, 0) is 24.1 Å². The molecule has 0 saturated carbocycles. The Morgan fingerprint density at radius 1 is 1.25 bits per heavy atom. The molecule has 1 heterocycles. The fraction of sp³-hybridized carbons (Fsp3) is 0.500. The lowest BCUT2D eigenvalue weighted by molar-refractivity contribution is -0.188. The lowest BCUT2D eigenvalue weighted by atomic mass is 9.95. The number of carboxylic acid groups (broad SMARTS) is 1. The second-order valence-electron chi connectivity index (χ2n) is 5.85. The number of carboxylic acids is 1. The number of hydrogen-bond donors (Lipinski definition) is 1. The number of carbonyl (C=O) groups excluding carboxylic acids is 1. The van der Waals surface area contributed by atoms with E-state index in [9.17, 15) is 27.2 Å². The fourth-order valence-corrected chi connectivity index (χ4v) is 3.03. The van der Waals surface area contributed by atoms with Gasteiger partial charge in [0.05, 0.1) is 17.8 Å². The van der Waals surface area contributed by atoms with E-state index in [1.54, 1.807) is 6.92 Å². The molecule has 1 unspecified atom stereocenters. The minimum absolute atomic E-state index is 0.315. The van der Waals surface area contributed by atoms with Crippen LogP contribution in [-0.4, -0.2) is 41.1 Å². The predicted molar refractivity (Wildman–Crippen MR) is 76.7 cm³/mol. The molecular formula is C16H17F4NO3. The summed E-state index contributed by atoms with van der Waals surface area (Å²) in [5.74, 6) is -7.09. The van der Waals surface area contributed by atoms with Crippen molar-refractivity contribution in [1.82, 2.24) is 4.90 Å². The van der Waals surface area contributed by atoms with Gasteiger partial charge in [-0.3, -0.25) is 9.59 Å². The molecule has 1 aliphatic rings. The number of hydrogen-bond acceptors (Lipinski definition) is 2. The minimum Gasteiger partial charge on any atom is -0.481 e. The SMILES string of the molecule is CCC(C(=O)N1C[C@@H](C(F)(F)F)[C@H](C(=O)O)C1)c1ccc(F)cc1. The van der Waals surface area contributed by atoms with Gasteiger partial charge in [0.25, 0.3) is 0 Å². The number of amides is 1. The average molecular weight is 347 g/mol. The molecule has 1 N–H and O–H groups in total. The largest absolute Gasteiger partial charge is 0.481 e. The summed E-state index contributed by atoms with van der Waals surface area (Å²) in [4.78, 5) is 24.6. The number of likely N-dealkylation sites (tertiary alicyclic amines) is 1. The maximum atomic E-state index is 13.0. The van der Waals surface area contributed by atoms with E-state index in [0.717, 1.165) is 4.90 Å². The van der Waals surface area contributed by atoms with Gasteiger partial charge in [-0.2, -0.15) is 13.2 Å². The van der Waals surface area contributed by atoms with Crippen molar-refractivity contribution >= 4 is 11.9 Å². The number of aliphatic carboxylic acids is 1. The van der Waals surface area contributed by atoms with Crippen molar-refractivity contribution in [2.24, 2.45) is 11.8 Å². The van der Waals surface area contributed by atoms with Crippen LogP contribution in [0.25, 0.3) is 0 Å². The van der Waals surface area contributed by atoms with E-state index >= 15 is 0 Å². The summed E-state index contributed by atoms with van der Waals surface area (Å²) < 4.78 is 52.0. The van der Waals surface area contributed by atoms with Crippen LogP contribution in [0.3, 0.4) is 0 Å². The van der Waals surface area contributed by atoms with Crippen molar-refractivity contribution in [3.8, 4) is 0 Å². The predicted octanol–water partition coefficient (Wildman–Crippen LogP) is 3.04. The molecule has 24 heavy (non-hydrogen) atoms. The second-order valence-corrected chi connectivity index (χ2v) is 5.85. The molecule has 4 nitrogen and oxygen atoms in total. The zero-order valence-electron chi connectivity index (χ0n) is 12.9.